The lowest BCUT2D eigenvalue weighted by Crippen LogP contribution is -2.33. The molecule has 186 valence electrons. The number of rotatable bonds is 8. The molecule has 0 saturated carbocycles. The molecule has 9 nitrogen and oxygen atoms in total. The summed E-state index contributed by atoms with van der Waals surface area (Å²) < 4.78 is 33.7. The van der Waals surface area contributed by atoms with Crippen molar-refractivity contribution >= 4 is 11.7 Å². The molecule has 2 aromatic rings. The van der Waals surface area contributed by atoms with E-state index in [1.165, 1.54) is 0 Å². The highest BCUT2D eigenvalue weighted by atomic mass is 16.7. The fourth-order valence-corrected chi connectivity index (χ4v) is 5.04. The van der Waals surface area contributed by atoms with Crippen molar-refractivity contribution in [1.82, 2.24) is 4.90 Å². The first kappa shape index (κ1) is 23.2. The van der Waals surface area contributed by atoms with E-state index in [9.17, 15) is 4.79 Å². The van der Waals surface area contributed by atoms with Gasteiger partial charge >= 0.3 is 5.97 Å². The minimum atomic E-state index is -0.400. The van der Waals surface area contributed by atoms with Gasteiger partial charge in [0.15, 0.2) is 23.0 Å². The number of esters is 1. The van der Waals surface area contributed by atoms with Gasteiger partial charge in [-0.25, -0.2) is 4.79 Å². The molecule has 0 saturated heterocycles. The van der Waals surface area contributed by atoms with Crippen LogP contribution in [-0.2, 0) is 9.53 Å². The Morgan fingerprint density at radius 2 is 1.66 bits per heavy atom. The highest BCUT2D eigenvalue weighted by Crippen LogP contribution is 2.53. The van der Waals surface area contributed by atoms with Gasteiger partial charge in [0.1, 0.15) is 6.61 Å². The Kier molecular flexibility index (Phi) is 6.10. The van der Waals surface area contributed by atoms with Crippen LogP contribution in [-0.4, -0.2) is 72.8 Å². The van der Waals surface area contributed by atoms with E-state index in [0.29, 0.717) is 34.3 Å². The number of fused-ring (bicyclic) bond motifs is 2. The SMILES string of the molecule is COc1cc(C2C3=C(COC3=O)N(CCCN(C)C)c3cc4c(cc32)OCO4)cc(OC)c1OC. The summed E-state index contributed by atoms with van der Waals surface area (Å²) in [6.07, 6.45) is 0.917. The quantitative estimate of drug-likeness (QED) is 0.527. The molecule has 0 aliphatic carbocycles. The molecule has 3 heterocycles. The summed E-state index contributed by atoms with van der Waals surface area (Å²) in [6.45, 7) is 2.06. The predicted molar refractivity (Wildman–Crippen MR) is 129 cm³/mol. The second kappa shape index (κ2) is 9.22. The molecule has 3 aliphatic heterocycles. The van der Waals surface area contributed by atoms with E-state index in [2.05, 4.69) is 23.9 Å². The van der Waals surface area contributed by atoms with Crippen LogP contribution in [0, 0.1) is 0 Å². The number of hydrogen-bond acceptors (Lipinski definition) is 9. The van der Waals surface area contributed by atoms with Gasteiger partial charge in [-0.3, -0.25) is 0 Å². The molecule has 0 aromatic heterocycles. The van der Waals surface area contributed by atoms with Gasteiger partial charge in [0.25, 0.3) is 0 Å². The summed E-state index contributed by atoms with van der Waals surface area (Å²) in [5.74, 6) is 2.17. The Labute approximate surface area is 204 Å². The summed E-state index contributed by atoms with van der Waals surface area (Å²) in [7, 11) is 8.83. The van der Waals surface area contributed by atoms with Crippen LogP contribution in [0.3, 0.4) is 0 Å². The molecule has 9 heteroatoms. The largest absolute Gasteiger partial charge is 0.493 e. The number of carbonyl (C=O) groups is 1. The van der Waals surface area contributed by atoms with E-state index in [1.807, 2.05) is 24.3 Å². The van der Waals surface area contributed by atoms with E-state index >= 15 is 0 Å². The Hall–Kier alpha value is -3.59. The smallest absolute Gasteiger partial charge is 0.337 e. The van der Waals surface area contributed by atoms with Crippen LogP contribution in [0.5, 0.6) is 28.7 Å². The Morgan fingerprint density at radius 3 is 2.29 bits per heavy atom. The highest BCUT2D eigenvalue weighted by Gasteiger charge is 2.43. The predicted octanol–water partition coefficient (Wildman–Crippen LogP) is 3.16. The first-order valence-corrected chi connectivity index (χ1v) is 11.5. The van der Waals surface area contributed by atoms with E-state index in [0.717, 1.165) is 42.0 Å². The molecule has 35 heavy (non-hydrogen) atoms. The van der Waals surface area contributed by atoms with E-state index in [4.69, 9.17) is 28.4 Å². The average molecular weight is 483 g/mol. The summed E-state index contributed by atoms with van der Waals surface area (Å²) in [5.41, 5.74) is 4.24. The number of carbonyl (C=O) groups excluding carboxylic acids is 1. The van der Waals surface area contributed by atoms with E-state index in [-0.39, 0.29) is 19.4 Å². The van der Waals surface area contributed by atoms with Crippen LogP contribution in [0.1, 0.15) is 23.5 Å². The van der Waals surface area contributed by atoms with Crippen molar-refractivity contribution in [3.05, 3.63) is 46.7 Å². The minimum Gasteiger partial charge on any atom is -0.493 e. The molecule has 5 rings (SSSR count). The molecule has 1 unspecified atom stereocenters. The van der Waals surface area contributed by atoms with E-state index in [1.54, 1.807) is 21.3 Å². The third-order valence-corrected chi connectivity index (χ3v) is 6.62. The van der Waals surface area contributed by atoms with Crippen molar-refractivity contribution < 1.29 is 33.2 Å². The monoisotopic (exact) mass is 482 g/mol. The molecule has 0 amide bonds. The first-order chi connectivity index (χ1) is 17.0. The first-order valence-electron chi connectivity index (χ1n) is 11.5. The van der Waals surface area contributed by atoms with Crippen molar-refractivity contribution in [2.45, 2.75) is 12.3 Å². The van der Waals surface area contributed by atoms with Gasteiger partial charge in [0, 0.05) is 24.2 Å². The fraction of sp³-hybridized carbons (Fsp3) is 0.423. The number of methoxy groups -OCH3 is 3. The summed E-state index contributed by atoms with van der Waals surface area (Å²) in [6, 6.07) is 7.75. The van der Waals surface area contributed by atoms with Gasteiger partial charge in [-0.2, -0.15) is 0 Å². The van der Waals surface area contributed by atoms with Gasteiger partial charge in [0.05, 0.1) is 32.6 Å². The van der Waals surface area contributed by atoms with Crippen LogP contribution in [0.2, 0.25) is 0 Å². The van der Waals surface area contributed by atoms with Crippen molar-refractivity contribution in [1.29, 1.82) is 0 Å². The molecule has 1 atom stereocenters. The normalized spacial score (nSPS) is 17.9. The Balaban J connectivity index is 1.70. The fourth-order valence-electron chi connectivity index (χ4n) is 5.04. The number of benzene rings is 2. The topological polar surface area (TPSA) is 78.9 Å². The zero-order valence-electron chi connectivity index (χ0n) is 20.7. The average Bonchev–Trinajstić information content (AvgIpc) is 3.47. The molecule has 0 fully saturated rings. The molecule has 0 radical (unpaired) electrons. The van der Waals surface area contributed by atoms with E-state index < -0.39 is 5.92 Å². The third-order valence-electron chi connectivity index (χ3n) is 6.62. The lowest BCUT2D eigenvalue weighted by atomic mass is 9.80. The van der Waals surface area contributed by atoms with Crippen LogP contribution < -0.4 is 28.6 Å². The van der Waals surface area contributed by atoms with Gasteiger partial charge < -0.3 is 38.2 Å². The van der Waals surface area contributed by atoms with Gasteiger partial charge in [-0.1, -0.05) is 0 Å². The molecule has 0 N–H and O–H groups in total. The Morgan fingerprint density at radius 1 is 0.971 bits per heavy atom. The molecular formula is C26H30N2O7. The molecule has 3 aliphatic rings. The number of hydrogen-bond donors (Lipinski definition) is 0. The molecule has 0 spiro atoms. The zero-order valence-corrected chi connectivity index (χ0v) is 20.7. The maximum atomic E-state index is 13.1. The maximum absolute atomic E-state index is 13.1. The summed E-state index contributed by atoms with van der Waals surface area (Å²) >= 11 is 0. The molecule has 2 aromatic carbocycles. The van der Waals surface area contributed by atoms with Crippen molar-refractivity contribution in [3.8, 4) is 28.7 Å². The number of nitrogens with zero attached hydrogens (tertiary/aromatic N) is 2. The third kappa shape index (κ3) is 3.89. The van der Waals surface area contributed by atoms with Gasteiger partial charge in [-0.15, -0.1) is 0 Å². The van der Waals surface area contributed by atoms with Crippen LogP contribution in [0.25, 0.3) is 0 Å². The van der Waals surface area contributed by atoms with Crippen molar-refractivity contribution in [3.63, 3.8) is 0 Å². The summed E-state index contributed by atoms with van der Waals surface area (Å²) in [4.78, 5) is 17.5. The lowest BCUT2D eigenvalue weighted by Gasteiger charge is -2.36. The lowest BCUT2D eigenvalue weighted by molar-refractivity contribution is -0.136. The van der Waals surface area contributed by atoms with Crippen LogP contribution in [0.4, 0.5) is 5.69 Å². The molecular weight excluding hydrogens is 452 g/mol. The number of anilines is 1. The van der Waals surface area contributed by atoms with Gasteiger partial charge in [-0.05, 0) is 56.4 Å². The van der Waals surface area contributed by atoms with Crippen molar-refractivity contribution in [2.75, 3.05) is 66.8 Å². The maximum Gasteiger partial charge on any atom is 0.337 e. The second-order valence-electron chi connectivity index (χ2n) is 8.90. The van der Waals surface area contributed by atoms with Crippen LogP contribution in [0.15, 0.2) is 35.5 Å². The zero-order chi connectivity index (χ0) is 24.7. The van der Waals surface area contributed by atoms with Crippen LogP contribution >= 0.6 is 0 Å². The second-order valence-corrected chi connectivity index (χ2v) is 8.90. The number of ether oxygens (including phenoxy) is 6. The Bertz CT molecular complexity index is 1170. The highest BCUT2D eigenvalue weighted by molar-refractivity contribution is 5.98. The van der Waals surface area contributed by atoms with Crippen molar-refractivity contribution in [2.24, 2.45) is 0 Å². The minimum absolute atomic E-state index is 0.170. The standard InChI is InChI=1S/C26H30N2O7/c1-27(2)7-6-8-28-17-12-20-19(34-14-35-20)11-16(17)23(24-18(28)13-33-26(24)29)15-9-21(30-3)25(32-5)22(10-15)31-4/h9-12,23H,6-8,13-14H2,1-5H3. The van der Waals surface area contributed by atoms with Gasteiger partial charge in [0.2, 0.25) is 12.5 Å². The number of cyclic esters (lactones) is 1. The summed E-state index contributed by atoms with van der Waals surface area (Å²) in [5, 5.41) is 0. The molecule has 0 bridgehead atoms.